The SMILES string of the molecule is O=C(NC/C=C1\CCc2cnn(Cc3ccc(Cl)cc3Cl)c21)NS(=O)(=O)c1ccc(Cl)cc1. The van der Waals surface area contributed by atoms with E-state index in [0.29, 0.717) is 21.6 Å². The quantitative estimate of drug-likeness (QED) is 0.478. The predicted molar refractivity (Wildman–Crippen MR) is 129 cm³/mol. The number of sulfonamides is 1. The van der Waals surface area contributed by atoms with Crippen molar-refractivity contribution < 1.29 is 13.2 Å². The summed E-state index contributed by atoms with van der Waals surface area (Å²) in [5.41, 5.74) is 4.01. The lowest BCUT2D eigenvalue weighted by atomic mass is 10.2. The number of fused-ring (bicyclic) bond motifs is 1. The van der Waals surface area contributed by atoms with Crippen molar-refractivity contribution in [3.8, 4) is 0 Å². The molecule has 1 aliphatic rings. The Balaban J connectivity index is 1.41. The third kappa shape index (κ3) is 5.52. The molecule has 0 atom stereocenters. The fourth-order valence-electron chi connectivity index (χ4n) is 3.59. The molecule has 0 fully saturated rings. The lowest BCUT2D eigenvalue weighted by Crippen LogP contribution is -2.39. The van der Waals surface area contributed by atoms with Gasteiger partial charge in [-0.05, 0) is 65.9 Å². The Morgan fingerprint density at radius 1 is 1.06 bits per heavy atom. The molecule has 33 heavy (non-hydrogen) atoms. The van der Waals surface area contributed by atoms with E-state index in [2.05, 4.69) is 10.4 Å². The molecule has 0 saturated heterocycles. The van der Waals surface area contributed by atoms with Crippen LogP contribution in [0.4, 0.5) is 4.79 Å². The van der Waals surface area contributed by atoms with Gasteiger partial charge < -0.3 is 5.32 Å². The second kappa shape index (κ2) is 9.77. The average Bonchev–Trinajstić information content (AvgIpc) is 3.33. The number of hydrogen-bond donors (Lipinski definition) is 2. The molecule has 0 spiro atoms. The zero-order valence-corrected chi connectivity index (χ0v) is 20.3. The summed E-state index contributed by atoms with van der Waals surface area (Å²) in [6, 6.07) is 10.1. The number of benzene rings is 2. The van der Waals surface area contributed by atoms with E-state index in [-0.39, 0.29) is 11.4 Å². The van der Waals surface area contributed by atoms with Gasteiger partial charge in [0, 0.05) is 21.6 Å². The van der Waals surface area contributed by atoms with Crippen LogP contribution in [0.25, 0.3) is 5.57 Å². The molecule has 2 aromatic carbocycles. The number of allylic oxidation sites excluding steroid dienone is 1. The topological polar surface area (TPSA) is 93.1 Å². The first-order valence-electron chi connectivity index (χ1n) is 9.97. The standard InChI is InChI=1S/C22H19Cl3N4O3S/c23-17-5-7-19(8-6-17)33(31,32)28-22(30)26-10-9-14-1-2-15-12-27-29(21(14)15)13-16-3-4-18(24)11-20(16)25/h3-9,11-12H,1-2,10,13H2,(H2,26,28,30)/b14-9+. The number of aromatic nitrogens is 2. The fourth-order valence-corrected chi connectivity index (χ4v) is 5.12. The Hall–Kier alpha value is -2.52. The Morgan fingerprint density at radius 2 is 1.79 bits per heavy atom. The van der Waals surface area contributed by atoms with Crippen LogP contribution >= 0.6 is 34.8 Å². The number of carbonyl (C=O) groups excluding carboxylic acids is 1. The van der Waals surface area contributed by atoms with E-state index >= 15 is 0 Å². The summed E-state index contributed by atoms with van der Waals surface area (Å²) in [4.78, 5) is 12.1. The molecule has 4 rings (SSSR count). The molecule has 1 aliphatic carbocycles. The van der Waals surface area contributed by atoms with Crippen LogP contribution in [0, 0.1) is 0 Å². The van der Waals surface area contributed by atoms with Gasteiger partial charge in [-0.3, -0.25) is 4.68 Å². The Labute approximate surface area is 206 Å². The number of aryl methyl sites for hydroxylation is 1. The number of nitrogens with zero attached hydrogens (tertiary/aromatic N) is 2. The molecule has 0 bridgehead atoms. The van der Waals surface area contributed by atoms with E-state index in [1.807, 2.05) is 27.7 Å². The molecule has 7 nitrogen and oxygen atoms in total. The summed E-state index contributed by atoms with van der Waals surface area (Å²) in [5, 5.41) is 8.57. The largest absolute Gasteiger partial charge is 0.334 e. The number of hydrogen-bond acceptors (Lipinski definition) is 4. The summed E-state index contributed by atoms with van der Waals surface area (Å²) in [5.74, 6) is 0. The van der Waals surface area contributed by atoms with E-state index in [4.69, 9.17) is 34.8 Å². The van der Waals surface area contributed by atoms with E-state index < -0.39 is 16.1 Å². The molecule has 3 aromatic rings. The summed E-state index contributed by atoms with van der Waals surface area (Å²) >= 11 is 18.1. The fraction of sp³-hybridized carbons (Fsp3) is 0.182. The first-order chi connectivity index (χ1) is 15.7. The van der Waals surface area contributed by atoms with Crippen LogP contribution in [0.15, 0.2) is 59.6 Å². The Bertz CT molecular complexity index is 1340. The minimum absolute atomic E-state index is 0.0504. The van der Waals surface area contributed by atoms with Gasteiger partial charge in [0.05, 0.1) is 23.3 Å². The van der Waals surface area contributed by atoms with Gasteiger partial charge in [0.25, 0.3) is 10.0 Å². The number of rotatable bonds is 6. The Morgan fingerprint density at radius 3 is 2.52 bits per heavy atom. The normalized spacial score (nSPS) is 14.3. The van der Waals surface area contributed by atoms with E-state index in [1.165, 1.54) is 24.3 Å². The van der Waals surface area contributed by atoms with Crippen LogP contribution in [0.3, 0.4) is 0 Å². The molecular formula is C22H19Cl3N4O3S. The second-order valence-corrected chi connectivity index (χ2v) is 10.4. The van der Waals surface area contributed by atoms with E-state index in [0.717, 1.165) is 35.2 Å². The van der Waals surface area contributed by atoms with E-state index in [9.17, 15) is 13.2 Å². The minimum Gasteiger partial charge on any atom is -0.334 e. The third-order valence-corrected chi connectivity index (χ3v) is 7.37. The van der Waals surface area contributed by atoms with Gasteiger partial charge in [-0.1, -0.05) is 46.9 Å². The second-order valence-electron chi connectivity index (χ2n) is 7.41. The lowest BCUT2D eigenvalue weighted by molar-refractivity contribution is 0.247. The van der Waals surface area contributed by atoms with Gasteiger partial charge in [-0.2, -0.15) is 5.10 Å². The average molecular weight is 526 g/mol. The highest BCUT2D eigenvalue weighted by molar-refractivity contribution is 7.90. The first kappa shape index (κ1) is 23.6. The monoisotopic (exact) mass is 524 g/mol. The third-order valence-electron chi connectivity index (χ3n) is 5.18. The summed E-state index contributed by atoms with van der Waals surface area (Å²) in [6.07, 6.45) is 5.33. The number of urea groups is 1. The maximum Gasteiger partial charge on any atom is 0.328 e. The van der Waals surface area contributed by atoms with Crippen LogP contribution in [0.5, 0.6) is 0 Å². The minimum atomic E-state index is -3.99. The highest BCUT2D eigenvalue weighted by Gasteiger charge is 2.22. The molecule has 11 heteroatoms. The van der Waals surface area contributed by atoms with Crippen LogP contribution < -0.4 is 10.0 Å². The lowest BCUT2D eigenvalue weighted by Gasteiger charge is -2.10. The van der Waals surface area contributed by atoms with Crippen molar-refractivity contribution in [1.29, 1.82) is 0 Å². The van der Waals surface area contributed by atoms with Crippen LogP contribution in [0.2, 0.25) is 15.1 Å². The molecule has 172 valence electrons. The van der Waals surface area contributed by atoms with Crippen molar-refractivity contribution in [3.05, 3.63) is 86.6 Å². The number of amides is 2. The predicted octanol–water partition coefficient (Wildman–Crippen LogP) is 4.91. The van der Waals surface area contributed by atoms with Crippen molar-refractivity contribution >= 4 is 56.4 Å². The van der Waals surface area contributed by atoms with Crippen molar-refractivity contribution in [2.45, 2.75) is 24.3 Å². The van der Waals surface area contributed by atoms with Gasteiger partial charge >= 0.3 is 6.03 Å². The highest BCUT2D eigenvalue weighted by Crippen LogP contribution is 2.33. The number of halogens is 3. The molecule has 2 N–H and O–H groups in total. The molecule has 1 aromatic heterocycles. The summed E-state index contributed by atoms with van der Waals surface area (Å²) in [6.45, 7) is 0.638. The molecule has 0 aliphatic heterocycles. The number of carbonyl (C=O) groups is 1. The molecule has 0 unspecified atom stereocenters. The van der Waals surface area contributed by atoms with Crippen molar-refractivity contribution in [2.24, 2.45) is 0 Å². The van der Waals surface area contributed by atoms with E-state index in [1.54, 1.807) is 12.1 Å². The van der Waals surface area contributed by atoms with Crippen LogP contribution in [-0.2, 0) is 23.0 Å². The van der Waals surface area contributed by atoms with Gasteiger partial charge in [0.1, 0.15) is 0 Å². The van der Waals surface area contributed by atoms with Gasteiger partial charge in [-0.15, -0.1) is 0 Å². The first-order valence-corrected chi connectivity index (χ1v) is 12.6. The molecule has 1 heterocycles. The van der Waals surface area contributed by atoms with Gasteiger partial charge in [0.2, 0.25) is 0 Å². The smallest absolute Gasteiger partial charge is 0.328 e. The molecule has 2 amide bonds. The van der Waals surface area contributed by atoms with Crippen molar-refractivity contribution in [1.82, 2.24) is 19.8 Å². The van der Waals surface area contributed by atoms with Crippen LogP contribution in [-0.4, -0.2) is 30.8 Å². The number of nitrogens with one attached hydrogen (secondary N) is 2. The maximum atomic E-state index is 12.3. The van der Waals surface area contributed by atoms with Crippen LogP contribution in [0.1, 0.15) is 23.2 Å². The van der Waals surface area contributed by atoms with Gasteiger partial charge in [0.15, 0.2) is 0 Å². The summed E-state index contributed by atoms with van der Waals surface area (Å²) in [7, 11) is -3.99. The maximum absolute atomic E-state index is 12.3. The molecule has 0 saturated carbocycles. The highest BCUT2D eigenvalue weighted by atomic mass is 35.5. The molecule has 0 radical (unpaired) electrons. The zero-order valence-electron chi connectivity index (χ0n) is 17.2. The van der Waals surface area contributed by atoms with Gasteiger partial charge in [-0.25, -0.2) is 17.9 Å². The zero-order chi connectivity index (χ0) is 23.6. The summed E-state index contributed by atoms with van der Waals surface area (Å²) < 4.78 is 28.5. The van der Waals surface area contributed by atoms with Crippen molar-refractivity contribution in [3.63, 3.8) is 0 Å². The van der Waals surface area contributed by atoms with Crippen molar-refractivity contribution in [2.75, 3.05) is 6.54 Å². The Kier molecular flexibility index (Phi) is 6.99. The molecular weight excluding hydrogens is 507 g/mol.